The van der Waals surface area contributed by atoms with E-state index in [-0.39, 0.29) is 5.69 Å². The first-order valence-electron chi connectivity index (χ1n) is 5.12. The Bertz CT molecular complexity index is 644. The van der Waals surface area contributed by atoms with E-state index in [4.69, 9.17) is 0 Å². The molecule has 2 rings (SSSR count). The molecule has 5 heteroatoms. The van der Waals surface area contributed by atoms with Crippen molar-refractivity contribution in [2.24, 2.45) is 0 Å². The third kappa shape index (κ3) is 2.39. The summed E-state index contributed by atoms with van der Waals surface area (Å²) in [6.45, 7) is 2.19. The molecule has 1 aromatic heterocycles. The predicted molar refractivity (Wildman–Crippen MR) is 69.3 cm³/mol. The maximum atomic E-state index is 11.7. The summed E-state index contributed by atoms with van der Waals surface area (Å²) < 4.78 is 1.92. The molecular weight excluding hydrogens is 284 g/mol. The highest BCUT2D eigenvalue weighted by molar-refractivity contribution is 9.10. The predicted octanol–water partition coefficient (Wildman–Crippen LogP) is 1.66. The second kappa shape index (κ2) is 4.71. The Morgan fingerprint density at radius 1 is 1.24 bits per heavy atom. The minimum atomic E-state index is -0.392. The van der Waals surface area contributed by atoms with Crippen LogP contribution in [0.3, 0.4) is 0 Å². The van der Waals surface area contributed by atoms with Gasteiger partial charge in [0.1, 0.15) is 4.47 Å². The van der Waals surface area contributed by atoms with Gasteiger partial charge in [-0.05, 0) is 28.4 Å². The molecule has 88 valence electrons. The van der Waals surface area contributed by atoms with Crippen LogP contribution in [-0.4, -0.2) is 9.55 Å². The smallest absolute Gasteiger partial charge is 0.292 e. The van der Waals surface area contributed by atoms with Gasteiger partial charge in [-0.1, -0.05) is 30.3 Å². The molecule has 0 spiro atoms. The highest BCUT2D eigenvalue weighted by atomic mass is 79.9. The number of aromatic amines is 1. The van der Waals surface area contributed by atoms with Gasteiger partial charge in [-0.2, -0.15) is 0 Å². The number of aromatic nitrogens is 2. The van der Waals surface area contributed by atoms with Gasteiger partial charge < -0.3 is 0 Å². The lowest BCUT2D eigenvalue weighted by Gasteiger charge is -2.10. The van der Waals surface area contributed by atoms with Crippen LogP contribution in [0.15, 0.2) is 44.4 Å². The summed E-state index contributed by atoms with van der Waals surface area (Å²) in [4.78, 5) is 25.3. The van der Waals surface area contributed by atoms with Crippen LogP contribution in [0.25, 0.3) is 0 Å². The van der Waals surface area contributed by atoms with Gasteiger partial charge in [-0.15, -0.1) is 0 Å². The van der Waals surface area contributed by atoms with Crippen molar-refractivity contribution in [3.05, 3.63) is 66.9 Å². The molecular formula is C12H11BrN2O2. The fraction of sp³-hybridized carbons (Fsp3) is 0.167. The largest absolute Gasteiger partial charge is 0.328 e. The van der Waals surface area contributed by atoms with Crippen LogP contribution in [0.1, 0.15) is 11.3 Å². The fourth-order valence-corrected chi connectivity index (χ4v) is 1.92. The van der Waals surface area contributed by atoms with Crippen LogP contribution >= 0.6 is 15.9 Å². The van der Waals surface area contributed by atoms with Gasteiger partial charge in [-0.25, -0.2) is 4.79 Å². The summed E-state index contributed by atoms with van der Waals surface area (Å²) in [5, 5.41) is 0. The number of nitrogens with one attached hydrogen (secondary N) is 1. The topological polar surface area (TPSA) is 54.9 Å². The van der Waals surface area contributed by atoms with E-state index in [1.54, 1.807) is 6.92 Å². The number of hydrogen-bond donors (Lipinski definition) is 1. The van der Waals surface area contributed by atoms with Crippen molar-refractivity contribution in [1.29, 1.82) is 0 Å². The molecule has 0 saturated heterocycles. The normalized spacial score (nSPS) is 10.5. The number of H-pyrrole nitrogens is 1. The number of benzene rings is 1. The van der Waals surface area contributed by atoms with Gasteiger partial charge in [0, 0.05) is 5.69 Å². The van der Waals surface area contributed by atoms with E-state index < -0.39 is 5.56 Å². The van der Waals surface area contributed by atoms with Gasteiger partial charge in [0.05, 0.1) is 6.54 Å². The number of rotatable bonds is 2. The SMILES string of the molecule is Cc1c(Br)c(=O)[nH]c(=O)n1Cc1ccccc1. The van der Waals surface area contributed by atoms with Crippen molar-refractivity contribution in [2.45, 2.75) is 13.5 Å². The van der Waals surface area contributed by atoms with Crippen molar-refractivity contribution >= 4 is 15.9 Å². The van der Waals surface area contributed by atoms with Gasteiger partial charge in [0.25, 0.3) is 5.56 Å². The van der Waals surface area contributed by atoms with E-state index in [1.165, 1.54) is 4.57 Å². The summed E-state index contributed by atoms with van der Waals surface area (Å²) in [6, 6.07) is 9.62. The molecule has 2 aromatic rings. The van der Waals surface area contributed by atoms with Crippen LogP contribution in [0.5, 0.6) is 0 Å². The van der Waals surface area contributed by atoms with Gasteiger partial charge >= 0.3 is 5.69 Å². The quantitative estimate of drug-likeness (QED) is 0.916. The van der Waals surface area contributed by atoms with Crippen LogP contribution in [-0.2, 0) is 6.54 Å². The Morgan fingerprint density at radius 3 is 2.53 bits per heavy atom. The summed E-state index contributed by atoms with van der Waals surface area (Å²) in [5.41, 5.74) is 0.857. The third-order valence-corrected chi connectivity index (χ3v) is 3.50. The molecule has 0 atom stereocenters. The number of halogens is 1. The lowest BCUT2D eigenvalue weighted by atomic mass is 10.2. The Labute approximate surface area is 106 Å². The van der Waals surface area contributed by atoms with Crippen LogP contribution in [0.4, 0.5) is 0 Å². The summed E-state index contributed by atoms with van der Waals surface area (Å²) in [5.74, 6) is 0. The molecule has 0 amide bonds. The molecule has 0 aliphatic rings. The van der Waals surface area contributed by atoms with Crippen LogP contribution in [0.2, 0.25) is 0 Å². The molecule has 0 unspecified atom stereocenters. The molecule has 0 bridgehead atoms. The van der Waals surface area contributed by atoms with Gasteiger partial charge in [0.2, 0.25) is 0 Å². The first-order valence-corrected chi connectivity index (χ1v) is 5.92. The lowest BCUT2D eigenvalue weighted by Crippen LogP contribution is -2.32. The van der Waals surface area contributed by atoms with Crippen LogP contribution < -0.4 is 11.2 Å². The van der Waals surface area contributed by atoms with E-state index in [1.807, 2.05) is 30.3 Å². The summed E-state index contributed by atoms with van der Waals surface area (Å²) >= 11 is 3.17. The Hall–Kier alpha value is -1.62. The van der Waals surface area contributed by atoms with Crippen molar-refractivity contribution in [2.75, 3.05) is 0 Å². The van der Waals surface area contributed by atoms with E-state index in [0.29, 0.717) is 16.7 Å². The molecule has 0 saturated carbocycles. The average Bonchev–Trinajstić information content (AvgIpc) is 2.33. The Balaban J connectivity index is 2.51. The molecule has 0 fully saturated rings. The maximum absolute atomic E-state index is 11.7. The highest BCUT2D eigenvalue weighted by Gasteiger charge is 2.08. The molecule has 1 aromatic carbocycles. The summed E-state index contributed by atoms with van der Waals surface area (Å²) in [7, 11) is 0. The van der Waals surface area contributed by atoms with E-state index in [0.717, 1.165) is 5.56 Å². The molecule has 0 aliphatic carbocycles. The van der Waals surface area contributed by atoms with E-state index in [2.05, 4.69) is 20.9 Å². The maximum Gasteiger partial charge on any atom is 0.328 e. The second-order valence-corrected chi connectivity index (χ2v) is 4.52. The average molecular weight is 295 g/mol. The van der Waals surface area contributed by atoms with Crippen LogP contribution in [0, 0.1) is 6.92 Å². The fourth-order valence-electron chi connectivity index (χ4n) is 1.61. The molecule has 0 radical (unpaired) electrons. The van der Waals surface area contributed by atoms with Crippen molar-refractivity contribution in [3.63, 3.8) is 0 Å². The minimum Gasteiger partial charge on any atom is -0.292 e. The van der Waals surface area contributed by atoms with Crippen molar-refractivity contribution in [1.82, 2.24) is 9.55 Å². The number of nitrogens with zero attached hydrogens (tertiary/aromatic N) is 1. The third-order valence-electron chi connectivity index (χ3n) is 2.57. The Kier molecular flexibility index (Phi) is 3.28. The molecule has 17 heavy (non-hydrogen) atoms. The first kappa shape index (κ1) is 11.9. The molecule has 4 nitrogen and oxygen atoms in total. The van der Waals surface area contributed by atoms with Gasteiger partial charge in [-0.3, -0.25) is 14.3 Å². The number of hydrogen-bond acceptors (Lipinski definition) is 2. The Morgan fingerprint density at radius 2 is 1.88 bits per heavy atom. The summed E-state index contributed by atoms with van der Waals surface area (Å²) in [6.07, 6.45) is 0. The monoisotopic (exact) mass is 294 g/mol. The standard InChI is InChI=1S/C12H11BrN2O2/c1-8-10(13)11(16)14-12(17)15(8)7-9-5-3-2-4-6-9/h2-6H,7H2,1H3,(H,14,16,17). The zero-order chi connectivity index (χ0) is 12.4. The van der Waals surface area contributed by atoms with E-state index >= 15 is 0 Å². The zero-order valence-corrected chi connectivity index (χ0v) is 10.8. The van der Waals surface area contributed by atoms with E-state index in [9.17, 15) is 9.59 Å². The highest BCUT2D eigenvalue weighted by Crippen LogP contribution is 2.09. The van der Waals surface area contributed by atoms with Crippen molar-refractivity contribution in [3.8, 4) is 0 Å². The molecule has 1 heterocycles. The molecule has 0 aliphatic heterocycles. The second-order valence-electron chi connectivity index (χ2n) is 3.73. The lowest BCUT2D eigenvalue weighted by molar-refractivity contribution is 0.688. The van der Waals surface area contributed by atoms with Gasteiger partial charge in [0.15, 0.2) is 0 Å². The first-order chi connectivity index (χ1) is 8.09. The molecule has 1 N–H and O–H groups in total. The minimum absolute atomic E-state index is 0.389. The zero-order valence-electron chi connectivity index (χ0n) is 9.24. The van der Waals surface area contributed by atoms with Crippen molar-refractivity contribution < 1.29 is 0 Å².